The van der Waals surface area contributed by atoms with Gasteiger partial charge in [0.2, 0.25) is 0 Å². The van der Waals surface area contributed by atoms with Gasteiger partial charge in [-0.1, -0.05) is 13.8 Å². The van der Waals surface area contributed by atoms with Gasteiger partial charge in [-0.05, 0) is 31.0 Å². The molecule has 0 aliphatic carbocycles. The van der Waals surface area contributed by atoms with E-state index in [-0.39, 0.29) is 0 Å². The third kappa shape index (κ3) is 3.20. The predicted octanol–water partition coefficient (Wildman–Crippen LogP) is 2.19. The quantitative estimate of drug-likeness (QED) is 0.805. The molecule has 0 bridgehead atoms. The van der Waals surface area contributed by atoms with Crippen LogP contribution >= 0.6 is 0 Å². The lowest BCUT2D eigenvalue weighted by molar-refractivity contribution is 0.410. The van der Waals surface area contributed by atoms with Crippen LogP contribution in [0.4, 0.5) is 0 Å². The molecule has 3 nitrogen and oxygen atoms in total. The second-order valence-electron chi connectivity index (χ2n) is 3.79. The molecule has 1 aromatic heterocycles. The van der Waals surface area contributed by atoms with E-state index in [1.807, 2.05) is 12.3 Å². The summed E-state index contributed by atoms with van der Waals surface area (Å²) in [5, 5.41) is 3.41. The van der Waals surface area contributed by atoms with Gasteiger partial charge in [-0.3, -0.25) is 4.98 Å². The molecule has 2 unspecified atom stereocenters. The van der Waals surface area contributed by atoms with Crippen LogP contribution in [0.5, 0.6) is 5.75 Å². The first-order valence-corrected chi connectivity index (χ1v) is 5.41. The molecule has 1 N–H and O–H groups in total. The number of nitrogens with zero attached hydrogens (tertiary/aromatic N) is 1. The molecule has 0 aromatic carbocycles. The summed E-state index contributed by atoms with van der Waals surface area (Å²) in [5.41, 5.74) is 1.21. The van der Waals surface area contributed by atoms with Crippen molar-refractivity contribution in [3.63, 3.8) is 0 Å². The third-order valence-corrected chi connectivity index (χ3v) is 2.77. The Morgan fingerprint density at radius 1 is 1.40 bits per heavy atom. The van der Waals surface area contributed by atoms with Gasteiger partial charge < -0.3 is 10.1 Å². The number of methoxy groups -OCH3 is 1. The van der Waals surface area contributed by atoms with Gasteiger partial charge in [-0.2, -0.15) is 0 Å². The smallest absolute Gasteiger partial charge is 0.137 e. The van der Waals surface area contributed by atoms with Crippen molar-refractivity contribution < 1.29 is 4.74 Å². The zero-order valence-corrected chi connectivity index (χ0v) is 9.95. The topological polar surface area (TPSA) is 34.2 Å². The number of pyridine rings is 1. The van der Waals surface area contributed by atoms with Crippen molar-refractivity contribution in [1.82, 2.24) is 10.3 Å². The highest BCUT2D eigenvalue weighted by molar-refractivity contribution is 5.26. The highest BCUT2D eigenvalue weighted by Gasteiger charge is 2.13. The van der Waals surface area contributed by atoms with Gasteiger partial charge in [-0.25, -0.2) is 0 Å². The molecular weight excluding hydrogens is 188 g/mol. The summed E-state index contributed by atoms with van der Waals surface area (Å²) >= 11 is 0. The molecule has 1 heterocycles. The molecule has 0 fully saturated rings. The molecule has 0 aliphatic rings. The number of rotatable bonds is 5. The van der Waals surface area contributed by atoms with Gasteiger partial charge in [0, 0.05) is 12.2 Å². The van der Waals surface area contributed by atoms with E-state index in [2.05, 4.69) is 31.1 Å². The molecule has 0 saturated carbocycles. The van der Waals surface area contributed by atoms with E-state index >= 15 is 0 Å². The molecule has 0 saturated heterocycles. The SMILES string of the molecule is CCNC(C)C(C)c1cncc(OC)c1. The van der Waals surface area contributed by atoms with Crippen LogP contribution in [0.15, 0.2) is 18.5 Å². The zero-order valence-electron chi connectivity index (χ0n) is 9.95. The number of likely N-dealkylation sites (N-methyl/N-ethyl adjacent to an activating group) is 1. The number of nitrogens with one attached hydrogen (secondary N) is 1. The van der Waals surface area contributed by atoms with E-state index in [0.29, 0.717) is 12.0 Å². The highest BCUT2D eigenvalue weighted by atomic mass is 16.5. The van der Waals surface area contributed by atoms with Crippen molar-refractivity contribution in [2.24, 2.45) is 0 Å². The normalized spacial score (nSPS) is 14.7. The minimum absolute atomic E-state index is 0.438. The molecular formula is C12H20N2O. The fourth-order valence-corrected chi connectivity index (χ4v) is 1.58. The van der Waals surface area contributed by atoms with Crippen molar-refractivity contribution >= 4 is 0 Å². The summed E-state index contributed by atoms with van der Waals surface area (Å²) in [5.74, 6) is 1.26. The molecule has 84 valence electrons. The van der Waals surface area contributed by atoms with E-state index < -0.39 is 0 Å². The first kappa shape index (κ1) is 12.0. The average molecular weight is 208 g/mol. The van der Waals surface area contributed by atoms with Crippen LogP contribution in [0.1, 0.15) is 32.3 Å². The molecule has 2 atom stereocenters. The summed E-state index contributed by atoms with van der Waals surface area (Å²) < 4.78 is 5.16. The average Bonchev–Trinajstić information content (AvgIpc) is 2.28. The number of aromatic nitrogens is 1. The van der Waals surface area contributed by atoms with Crippen molar-refractivity contribution in [3.8, 4) is 5.75 Å². The van der Waals surface area contributed by atoms with Crippen molar-refractivity contribution in [1.29, 1.82) is 0 Å². The molecule has 1 rings (SSSR count). The van der Waals surface area contributed by atoms with Gasteiger partial charge in [0.05, 0.1) is 13.3 Å². The fourth-order valence-electron chi connectivity index (χ4n) is 1.58. The summed E-state index contributed by atoms with van der Waals surface area (Å²) in [6.07, 6.45) is 3.63. The standard InChI is InChI=1S/C12H20N2O/c1-5-14-10(3)9(2)11-6-12(15-4)8-13-7-11/h6-10,14H,5H2,1-4H3. The van der Waals surface area contributed by atoms with Crippen LogP contribution in [0.3, 0.4) is 0 Å². The Morgan fingerprint density at radius 3 is 2.73 bits per heavy atom. The number of ether oxygens (including phenoxy) is 1. The summed E-state index contributed by atoms with van der Waals surface area (Å²) in [7, 11) is 1.67. The minimum atomic E-state index is 0.438. The lowest BCUT2D eigenvalue weighted by Gasteiger charge is -2.21. The van der Waals surface area contributed by atoms with Gasteiger partial charge in [0.1, 0.15) is 5.75 Å². The molecule has 1 aromatic rings. The monoisotopic (exact) mass is 208 g/mol. The van der Waals surface area contributed by atoms with Crippen LogP contribution in [0.25, 0.3) is 0 Å². The fraction of sp³-hybridized carbons (Fsp3) is 0.583. The lowest BCUT2D eigenvalue weighted by atomic mass is 9.96. The van der Waals surface area contributed by atoms with Gasteiger partial charge in [-0.15, -0.1) is 0 Å². The zero-order chi connectivity index (χ0) is 11.3. The number of hydrogen-bond acceptors (Lipinski definition) is 3. The molecule has 0 radical (unpaired) electrons. The van der Waals surface area contributed by atoms with E-state index in [9.17, 15) is 0 Å². The van der Waals surface area contributed by atoms with Gasteiger partial charge in [0.25, 0.3) is 0 Å². The maximum atomic E-state index is 5.16. The number of hydrogen-bond donors (Lipinski definition) is 1. The first-order valence-electron chi connectivity index (χ1n) is 5.41. The van der Waals surface area contributed by atoms with Crippen LogP contribution in [-0.4, -0.2) is 24.7 Å². The van der Waals surface area contributed by atoms with Crippen molar-refractivity contribution in [2.75, 3.05) is 13.7 Å². The lowest BCUT2D eigenvalue weighted by Crippen LogP contribution is -2.30. The minimum Gasteiger partial charge on any atom is -0.495 e. The Labute approximate surface area is 91.9 Å². The largest absolute Gasteiger partial charge is 0.495 e. The maximum Gasteiger partial charge on any atom is 0.137 e. The van der Waals surface area contributed by atoms with Crippen molar-refractivity contribution in [2.45, 2.75) is 32.7 Å². The third-order valence-electron chi connectivity index (χ3n) is 2.77. The Morgan fingerprint density at radius 2 is 2.13 bits per heavy atom. The molecule has 0 aliphatic heterocycles. The Balaban J connectivity index is 2.76. The summed E-state index contributed by atoms with van der Waals surface area (Å²) in [4.78, 5) is 4.17. The summed E-state index contributed by atoms with van der Waals surface area (Å²) in [6, 6.07) is 2.50. The molecule has 0 amide bonds. The van der Waals surface area contributed by atoms with E-state index in [4.69, 9.17) is 4.74 Å². The van der Waals surface area contributed by atoms with Crippen molar-refractivity contribution in [3.05, 3.63) is 24.0 Å². The summed E-state index contributed by atoms with van der Waals surface area (Å²) in [6.45, 7) is 7.49. The van der Waals surface area contributed by atoms with E-state index in [1.54, 1.807) is 13.3 Å². The molecule has 3 heteroatoms. The second-order valence-corrected chi connectivity index (χ2v) is 3.79. The Hall–Kier alpha value is -1.09. The highest BCUT2D eigenvalue weighted by Crippen LogP contribution is 2.21. The molecule has 15 heavy (non-hydrogen) atoms. The maximum absolute atomic E-state index is 5.16. The first-order chi connectivity index (χ1) is 7.19. The van der Waals surface area contributed by atoms with Gasteiger partial charge >= 0.3 is 0 Å². The van der Waals surface area contributed by atoms with E-state index in [0.717, 1.165) is 12.3 Å². The van der Waals surface area contributed by atoms with Crippen LogP contribution in [0, 0.1) is 0 Å². The van der Waals surface area contributed by atoms with Gasteiger partial charge in [0.15, 0.2) is 0 Å². The van der Waals surface area contributed by atoms with Crippen LogP contribution in [0.2, 0.25) is 0 Å². The molecule has 0 spiro atoms. The predicted molar refractivity (Wildman–Crippen MR) is 62.3 cm³/mol. The van der Waals surface area contributed by atoms with Crippen LogP contribution < -0.4 is 10.1 Å². The van der Waals surface area contributed by atoms with Crippen LogP contribution in [-0.2, 0) is 0 Å². The Kier molecular flexibility index (Phi) is 4.56. The second kappa shape index (κ2) is 5.71. The Bertz CT molecular complexity index is 301. The van der Waals surface area contributed by atoms with E-state index in [1.165, 1.54) is 5.56 Å².